The smallest absolute Gasteiger partial charge is 0.254 e. The summed E-state index contributed by atoms with van der Waals surface area (Å²) in [6, 6.07) is 8.35. The van der Waals surface area contributed by atoms with Crippen molar-refractivity contribution in [2.24, 2.45) is 11.0 Å². The Bertz CT molecular complexity index is 631. The number of nitrogens with zero attached hydrogens (tertiary/aromatic N) is 3. The highest BCUT2D eigenvalue weighted by Crippen LogP contribution is 2.31. The van der Waals surface area contributed by atoms with Crippen molar-refractivity contribution in [2.75, 3.05) is 31.3 Å². The van der Waals surface area contributed by atoms with Gasteiger partial charge in [0.1, 0.15) is 0 Å². The second kappa shape index (κ2) is 6.55. The molecule has 2 heterocycles. The van der Waals surface area contributed by atoms with Crippen LogP contribution in [0.4, 0.5) is 5.69 Å². The van der Waals surface area contributed by atoms with Gasteiger partial charge in [-0.15, -0.1) is 0 Å². The molecule has 1 aromatic carbocycles. The first-order valence-electron chi connectivity index (χ1n) is 9.01. The number of hydrogen-bond acceptors (Lipinski definition) is 4. The van der Waals surface area contributed by atoms with Crippen LogP contribution in [0, 0.1) is 5.92 Å². The Balaban J connectivity index is 1.46. The minimum Gasteiger partial charge on any atom is -0.381 e. The van der Waals surface area contributed by atoms with E-state index in [0.29, 0.717) is 12.0 Å². The van der Waals surface area contributed by atoms with E-state index in [1.165, 1.54) is 0 Å². The number of benzene rings is 1. The van der Waals surface area contributed by atoms with Crippen LogP contribution < -0.4 is 5.01 Å². The Hall–Kier alpha value is -1.88. The highest BCUT2D eigenvalue weighted by Gasteiger charge is 2.35. The van der Waals surface area contributed by atoms with Gasteiger partial charge in [0, 0.05) is 49.4 Å². The quantitative estimate of drug-likeness (QED) is 0.835. The fraction of sp³-hybridized carbons (Fsp3) is 0.579. The highest BCUT2D eigenvalue weighted by molar-refractivity contribution is 5.95. The number of ether oxygens (including phenoxy) is 1. The monoisotopic (exact) mass is 327 g/mol. The van der Waals surface area contributed by atoms with E-state index in [1.54, 1.807) is 0 Å². The number of hydrogen-bond donors (Lipinski definition) is 0. The number of amides is 1. The fourth-order valence-corrected chi connectivity index (χ4v) is 3.49. The first-order chi connectivity index (χ1) is 11.7. The molecule has 5 heteroatoms. The molecule has 1 aliphatic carbocycles. The molecule has 1 saturated carbocycles. The third-order valence-corrected chi connectivity index (χ3v) is 5.12. The van der Waals surface area contributed by atoms with Crippen LogP contribution in [0.2, 0.25) is 0 Å². The molecule has 2 aliphatic heterocycles. The van der Waals surface area contributed by atoms with E-state index in [0.717, 1.165) is 68.9 Å². The molecule has 5 nitrogen and oxygen atoms in total. The summed E-state index contributed by atoms with van der Waals surface area (Å²) in [4.78, 5) is 15.0. The van der Waals surface area contributed by atoms with Crippen molar-refractivity contribution in [3.05, 3.63) is 29.8 Å². The number of hydrazone groups is 1. The number of rotatable bonds is 5. The van der Waals surface area contributed by atoms with E-state index in [4.69, 9.17) is 4.74 Å². The summed E-state index contributed by atoms with van der Waals surface area (Å²) in [6.45, 7) is 5.44. The van der Waals surface area contributed by atoms with Crippen LogP contribution in [-0.4, -0.2) is 48.9 Å². The number of anilines is 1. The van der Waals surface area contributed by atoms with Gasteiger partial charge in [0.15, 0.2) is 0 Å². The lowest BCUT2D eigenvalue weighted by Crippen LogP contribution is -2.37. The van der Waals surface area contributed by atoms with Gasteiger partial charge in [0.05, 0.1) is 12.3 Å². The predicted octanol–water partition coefficient (Wildman–Crippen LogP) is 2.91. The lowest BCUT2D eigenvalue weighted by molar-refractivity contribution is 0.0706. The van der Waals surface area contributed by atoms with E-state index in [1.807, 2.05) is 29.3 Å². The molecule has 0 radical (unpaired) electrons. The molecule has 4 rings (SSSR count). The van der Waals surface area contributed by atoms with Crippen molar-refractivity contribution >= 4 is 17.3 Å². The maximum Gasteiger partial charge on any atom is 0.254 e. The van der Waals surface area contributed by atoms with Crippen LogP contribution >= 0.6 is 0 Å². The van der Waals surface area contributed by atoms with Crippen LogP contribution in [0.15, 0.2) is 29.4 Å². The van der Waals surface area contributed by atoms with Gasteiger partial charge in [0.25, 0.3) is 5.91 Å². The fourth-order valence-electron chi connectivity index (χ4n) is 3.49. The molecule has 1 atom stereocenters. The van der Waals surface area contributed by atoms with E-state index in [-0.39, 0.29) is 5.91 Å². The van der Waals surface area contributed by atoms with Crippen LogP contribution in [0.5, 0.6) is 0 Å². The first-order valence-corrected chi connectivity index (χ1v) is 9.01. The summed E-state index contributed by atoms with van der Waals surface area (Å²) in [7, 11) is 0. The van der Waals surface area contributed by atoms with Crippen LogP contribution in [-0.2, 0) is 4.74 Å². The van der Waals surface area contributed by atoms with Crippen molar-refractivity contribution in [3.63, 3.8) is 0 Å². The van der Waals surface area contributed by atoms with Crippen molar-refractivity contribution in [3.8, 4) is 0 Å². The van der Waals surface area contributed by atoms with Crippen LogP contribution in [0.1, 0.15) is 43.0 Å². The van der Waals surface area contributed by atoms with Gasteiger partial charge in [-0.1, -0.05) is 0 Å². The SMILES string of the molecule is CC1=NN(c2ccc(C(=O)N(CC3CCOC3)C3CC3)cc2)CC1. The van der Waals surface area contributed by atoms with Crippen molar-refractivity contribution in [1.82, 2.24) is 4.90 Å². The molecule has 3 aliphatic rings. The number of carbonyl (C=O) groups is 1. The Morgan fingerprint density at radius 2 is 2.08 bits per heavy atom. The summed E-state index contributed by atoms with van der Waals surface area (Å²) < 4.78 is 5.47. The number of carbonyl (C=O) groups excluding carboxylic acids is 1. The van der Waals surface area contributed by atoms with Gasteiger partial charge in [-0.05, 0) is 50.5 Å². The molecular weight excluding hydrogens is 302 g/mol. The molecule has 1 amide bonds. The Morgan fingerprint density at radius 3 is 2.67 bits per heavy atom. The lowest BCUT2D eigenvalue weighted by atomic mass is 10.1. The Kier molecular flexibility index (Phi) is 4.27. The lowest BCUT2D eigenvalue weighted by Gasteiger charge is -2.25. The van der Waals surface area contributed by atoms with E-state index >= 15 is 0 Å². The first kappa shape index (κ1) is 15.6. The summed E-state index contributed by atoms with van der Waals surface area (Å²) in [5.41, 5.74) is 3.00. The van der Waals surface area contributed by atoms with Gasteiger partial charge in [-0.25, -0.2) is 0 Å². The molecule has 1 aromatic rings. The zero-order valence-corrected chi connectivity index (χ0v) is 14.3. The van der Waals surface area contributed by atoms with Crippen LogP contribution in [0.3, 0.4) is 0 Å². The normalized spacial score (nSPS) is 23.5. The summed E-state index contributed by atoms with van der Waals surface area (Å²) in [5, 5.41) is 6.53. The highest BCUT2D eigenvalue weighted by atomic mass is 16.5. The predicted molar refractivity (Wildman–Crippen MR) is 94.5 cm³/mol. The van der Waals surface area contributed by atoms with Crippen molar-refractivity contribution in [1.29, 1.82) is 0 Å². The summed E-state index contributed by atoms with van der Waals surface area (Å²) in [6.07, 6.45) is 4.36. The van der Waals surface area contributed by atoms with Gasteiger partial charge >= 0.3 is 0 Å². The van der Waals surface area contributed by atoms with Gasteiger partial charge in [-0.2, -0.15) is 5.10 Å². The molecule has 24 heavy (non-hydrogen) atoms. The zero-order valence-electron chi connectivity index (χ0n) is 14.3. The zero-order chi connectivity index (χ0) is 16.5. The largest absolute Gasteiger partial charge is 0.381 e. The van der Waals surface area contributed by atoms with E-state index in [9.17, 15) is 4.79 Å². The third kappa shape index (κ3) is 3.31. The van der Waals surface area contributed by atoms with Gasteiger partial charge in [-0.3, -0.25) is 9.80 Å². The average Bonchev–Trinajstić information content (AvgIpc) is 3.13. The molecule has 0 spiro atoms. The molecule has 1 saturated heterocycles. The van der Waals surface area contributed by atoms with Gasteiger partial charge in [0.2, 0.25) is 0 Å². The van der Waals surface area contributed by atoms with Gasteiger partial charge < -0.3 is 9.64 Å². The molecular formula is C19H25N3O2. The standard InChI is InChI=1S/C19H25N3O2/c1-14-8-10-22(20-14)18-4-2-16(3-5-18)19(23)21(17-6-7-17)12-15-9-11-24-13-15/h2-5,15,17H,6-13H2,1H3. The molecule has 0 N–H and O–H groups in total. The van der Waals surface area contributed by atoms with Crippen molar-refractivity contribution in [2.45, 2.75) is 38.6 Å². The second-order valence-corrected chi connectivity index (χ2v) is 7.17. The molecule has 128 valence electrons. The topological polar surface area (TPSA) is 45.1 Å². The minimum absolute atomic E-state index is 0.164. The van der Waals surface area contributed by atoms with Crippen molar-refractivity contribution < 1.29 is 9.53 Å². The third-order valence-electron chi connectivity index (χ3n) is 5.12. The molecule has 0 aromatic heterocycles. The maximum absolute atomic E-state index is 12.9. The minimum atomic E-state index is 0.164. The molecule has 1 unspecified atom stereocenters. The second-order valence-electron chi connectivity index (χ2n) is 7.17. The Labute approximate surface area is 143 Å². The summed E-state index contributed by atoms with van der Waals surface area (Å²) in [5.74, 6) is 0.660. The Morgan fingerprint density at radius 1 is 1.29 bits per heavy atom. The summed E-state index contributed by atoms with van der Waals surface area (Å²) >= 11 is 0. The average molecular weight is 327 g/mol. The maximum atomic E-state index is 12.9. The van der Waals surface area contributed by atoms with E-state index in [2.05, 4.69) is 16.9 Å². The van der Waals surface area contributed by atoms with E-state index < -0.39 is 0 Å². The molecule has 0 bridgehead atoms. The van der Waals surface area contributed by atoms with Crippen LogP contribution in [0.25, 0.3) is 0 Å². The molecule has 2 fully saturated rings.